The van der Waals surface area contributed by atoms with E-state index in [2.05, 4.69) is 150 Å². The van der Waals surface area contributed by atoms with Gasteiger partial charge in [0.05, 0.1) is 63.5 Å². The predicted molar refractivity (Wildman–Crippen MR) is 251 cm³/mol. The molecule has 2 aromatic carbocycles. The van der Waals surface area contributed by atoms with E-state index in [1.807, 2.05) is 0 Å². The van der Waals surface area contributed by atoms with Crippen LogP contribution in [0, 0.1) is 6.92 Å². The second-order valence-corrected chi connectivity index (χ2v) is 22.0. The largest absolute Gasteiger partial charge is 0.704 e. The molecular weight excluding hydrogens is 725 g/mol. The van der Waals surface area contributed by atoms with Crippen LogP contribution in [0.25, 0.3) is 0 Å². The van der Waals surface area contributed by atoms with Crippen molar-refractivity contribution in [3.05, 3.63) is 57.6 Å². The second kappa shape index (κ2) is 18.7. The van der Waals surface area contributed by atoms with E-state index >= 15 is 0 Å². The third-order valence-corrected chi connectivity index (χ3v) is 14.1. The van der Waals surface area contributed by atoms with Crippen LogP contribution in [0.15, 0.2) is 24.3 Å². The van der Waals surface area contributed by atoms with E-state index in [9.17, 15) is 0 Å². The van der Waals surface area contributed by atoms with Crippen LogP contribution in [0.2, 0.25) is 0 Å². The van der Waals surface area contributed by atoms with Crippen molar-refractivity contribution in [2.24, 2.45) is 0 Å². The van der Waals surface area contributed by atoms with Crippen LogP contribution in [0.1, 0.15) is 200 Å². The molecular formula is C53H90N4O2+4. The molecule has 0 radical (unpaired) electrons. The summed E-state index contributed by atoms with van der Waals surface area (Å²) < 4.78 is 22.0. The zero-order valence-corrected chi connectivity index (χ0v) is 41.1. The average Bonchev–Trinajstić information content (AvgIpc) is 3.36. The molecule has 6 nitrogen and oxygen atoms in total. The lowest BCUT2D eigenvalue weighted by molar-refractivity contribution is -0.928. The molecule has 5 rings (SSSR count). The summed E-state index contributed by atoms with van der Waals surface area (Å²) in [6.45, 7) is 46.3. The lowest BCUT2D eigenvalue weighted by Crippen LogP contribution is -2.61. The fraction of sp³-hybridized carbons (Fsp3) is 0.736. The van der Waals surface area contributed by atoms with Gasteiger partial charge in [-0.05, 0) is 117 Å². The minimum atomic E-state index is -1.07. The molecule has 0 amide bonds. The van der Waals surface area contributed by atoms with Crippen molar-refractivity contribution in [3.63, 3.8) is 0 Å². The molecule has 330 valence electrons. The van der Waals surface area contributed by atoms with E-state index in [1.54, 1.807) is 0 Å². The highest BCUT2D eigenvalue weighted by Gasteiger charge is 2.75. The Morgan fingerprint density at radius 3 is 1.54 bits per heavy atom. The Bertz CT molecular complexity index is 1740. The number of fused-ring (bicyclic) bond motifs is 2. The van der Waals surface area contributed by atoms with E-state index < -0.39 is 6.03 Å². The van der Waals surface area contributed by atoms with Crippen LogP contribution in [-0.2, 0) is 10.8 Å². The lowest BCUT2D eigenvalue weighted by atomic mass is 9.79. The predicted octanol–water partition coefficient (Wildman–Crippen LogP) is 12.1. The fourth-order valence-electron chi connectivity index (χ4n) is 11.5. The summed E-state index contributed by atoms with van der Waals surface area (Å²) in [6, 6.07) is 8.65. The molecule has 1 fully saturated rings. The monoisotopic (exact) mass is 815 g/mol. The summed E-state index contributed by atoms with van der Waals surface area (Å²) in [5.74, 6) is 2.44. The average molecular weight is 815 g/mol. The van der Waals surface area contributed by atoms with E-state index in [0.717, 1.165) is 23.6 Å². The molecule has 3 aliphatic heterocycles. The molecule has 0 saturated carbocycles. The van der Waals surface area contributed by atoms with Crippen molar-refractivity contribution in [2.75, 3.05) is 58.9 Å². The molecule has 0 bridgehead atoms. The first kappa shape index (κ1) is 47.4. The van der Waals surface area contributed by atoms with Gasteiger partial charge in [0.15, 0.2) is 23.9 Å². The number of benzene rings is 2. The Labute approximate surface area is 363 Å². The minimum absolute atomic E-state index is 0.0247. The Morgan fingerprint density at radius 1 is 0.610 bits per heavy atom. The fourth-order valence-corrected chi connectivity index (χ4v) is 11.5. The summed E-state index contributed by atoms with van der Waals surface area (Å²) in [7, 11) is 0. The second-order valence-electron chi connectivity index (χ2n) is 22.0. The van der Waals surface area contributed by atoms with Gasteiger partial charge in [0, 0.05) is 19.4 Å². The van der Waals surface area contributed by atoms with Crippen LogP contribution in [0.4, 0.5) is 0 Å². The maximum absolute atomic E-state index is 7.35. The molecule has 1 spiro atoms. The summed E-state index contributed by atoms with van der Waals surface area (Å²) in [5, 5.41) is 0. The summed E-state index contributed by atoms with van der Waals surface area (Å²) in [5.41, 5.74) is 7.34. The van der Waals surface area contributed by atoms with E-state index in [1.165, 1.54) is 153 Å². The van der Waals surface area contributed by atoms with Gasteiger partial charge in [-0.25, -0.2) is 0 Å². The Balaban J connectivity index is 1.54. The third-order valence-electron chi connectivity index (χ3n) is 14.1. The third kappa shape index (κ3) is 10.2. The first-order valence-corrected chi connectivity index (χ1v) is 24.4. The van der Waals surface area contributed by atoms with Crippen LogP contribution in [0.5, 0.6) is 11.5 Å². The van der Waals surface area contributed by atoms with Gasteiger partial charge in [-0.1, -0.05) is 104 Å². The summed E-state index contributed by atoms with van der Waals surface area (Å²) in [6.07, 6.45) is 17.4. The molecule has 1 saturated heterocycles. The van der Waals surface area contributed by atoms with Crippen molar-refractivity contribution in [2.45, 2.75) is 196 Å². The normalized spacial score (nSPS) is 18.7. The van der Waals surface area contributed by atoms with Crippen molar-refractivity contribution in [3.8, 4) is 11.5 Å². The first-order chi connectivity index (χ1) is 27.8. The summed E-state index contributed by atoms with van der Waals surface area (Å²) in [4.78, 5) is 0. The maximum atomic E-state index is 7.35. The molecule has 3 heterocycles. The molecule has 2 aromatic rings. The Kier molecular flexibility index (Phi) is 15.0. The highest BCUT2D eigenvalue weighted by Crippen LogP contribution is 2.47. The molecule has 0 aromatic heterocycles. The van der Waals surface area contributed by atoms with Crippen LogP contribution >= 0.6 is 0 Å². The van der Waals surface area contributed by atoms with Crippen molar-refractivity contribution >= 4 is 12.4 Å². The first-order valence-electron chi connectivity index (χ1n) is 24.4. The zero-order chi connectivity index (χ0) is 43.4. The molecule has 1 atom stereocenters. The van der Waals surface area contributed by atoms with Crippen molar-refractivity contribution in [1.82, 2.24) is 0 Å². The van der Waals surface area contributed by atoms with Crippen molar-refractivity contribution in [1.29, 1.82) is 0 Å². The number of rotatable bonds is 21. The van der Waals surface area contributed by atoms with Gasteiger partial charge in [-0.15, -0.1) is 0 Å². The highest BCUT2D eigenvalue weighted by molar-refractivity contribution is 5.85. The number of hydrogen-bond acceptors (Lipinski definition) is 2. The zero-order valence-electron chi connectivity index (χ0n) is 41.1. The molecule has 3 aliphatic rings. The Hall–Kier alpha value is -2.70. The van der Waals surface area contributed by atoms with Gasteiger partial charge in [0.2, 0.25) is 12.1 Å². The van der Waals surface area contributed by atoms with Gasteiger partial charge in [-0.2, -0.15) is 0 Å². The maximum Gasteiger partial charge on any atom is 0.704 e. The molecule has 59 heavy (non-hydrogen) atoms. The van der Waals surface area contributed by atoms with Gasteiger partial charge in [0.25, 0.3) is 0 Å². The number of nitrogens with zero attached hydrogens (tertiary/aromatic N) is 4. The molecule has 1 unspecified atom stereocenters. The van der Waals surface area contributed by atoms with Gasteiger partial charge in [0.1, 0.15) is 0 Å². The molecule has 6 heteroatoms. The van der Waals surface area contributed by atoms with Gasteiger partial charge < -0.3 is 18.4 Å². The van der Waals surface area contributed by atoms with Crippen molar-refractivity contribution < 1.29 is 27.6 Å². The number of hydrogen-bond donors (Lipinski definition) is 0. The van der Waals surface area contributed by atoms with E-state index in [4.69, 9.17) is 9.47 Å². The highest BCUT2D eigenvalue weighted by atomic mass is 16.7. The minimum Gasteiger partial charge on any atom is -0.340 e. The topological polar surface area (TPSA) is 24.5 Å². The van der Waals surface area contributed by atoms with Gasteiger partial charge in [-0.3, -0.25) is 0 Å². The lowest BCUT2D eigenvalue weighted by Gasteiger charge is -2.39. The van der Waals surface area contributed by atoms with Crippen LogP contribution in [-0.4, -0.2) is 101 Å². The van der Waals surface area contributed by atoms with E-state index in [-0.39, 0.29) is 16.4 Å². The molecule has 0 N–H and O–H groups in total. The number of ether oxygens (including phenoxy) is 2. The molecule has 0 aliphatic carbocycles. The van der Waals surface area contributed by atoms with Crippen LogP contribution < -0.4 is 9.47 Å². The standard InChI is InChI=1S/C53H90N4O2/c1-16-26-56(27-17-2,28-18-3)32-22-24-42(25-23-33-57(29-19-4,30-20-5)31-21-6)43-34-41(7)48-44(35-43)38-54-40-52(14,15)55-39-45-36-46(50(8,9)10)37-47(51(11,12)13)49(45)59-53(54,55)58-48/h34-39,42H,16-33,40H2,1-15H3/q+4. The quantitative estimate of drug-likeness (QED) is 0.0926. The SMILES string of the molecule is CCC[N+](CCC)(CCC)CCCC(CCC[N+](CCC)(CCC)CCC)c1cc(C)c2c(c1)C=[N+]1CC(C)(C)[N+]3=Cc4cc(C(C)(C)C)cc(C(C)(C)C)c4OC13O2. The van der Waals surface area contributed by atoms with E-state index in [0.29, 0.717) is 5.92 Å². The summed E-state index contributed by atoms with van der Waals surface area (Å²) >= 11 is 0. The Morgan fingerprint density at radius 2 is 1.08 bits per heavy atom. The number of quaternary nitrogens is 2. The van der Waals surface area contributed by atoms with Crippen LogP contribution in [0.3, 0.4) is 0 Å². The number of aryl methyl sites for hydroxylation is 1. The van der Waals surface area contributed by atoms with Gasteiger partial charge >= 0.3 is 6.03 Å². The smallest absolute Gasteiger partial charge is 0.340 e.